The second-order valence-corrected chi connectivity index (χ2v) is 17.6. The number of nitrogens with zero attached hydrogens (tertiary/aromatic N) is 2. The molecular formula is C61H40N2O. The maximum absolute atomic E-state index is 6.33. The van der Waals surface area contributed by atoms with Gasteiger partial charge in [-0.3, -0.25) is 0 Å². The monoisotopic (exact) mass is 816 g/mol. The van der Waals surface area contributed by atoms with Crippen LogP contribution < -0.4 is 0 Å². The highest BCUT2D eigenvalue weighted by molar-refractivity contribution is 6.14. The predicted octanol–water partition coefficient (Wildman–Crippen LogP) is 16.5. The highest BCUT2D eigenvalue weighted by Gasteiger charge is 2.36. The van der Waals surface area contributed by atoms with E-state index in [1.165, 1.54) is 71.4 Å². The number of para-hydroxylation sites is 1. The topological polar surface area (TPSA) is 38.9 Å². The van der Waals surface area contributed by atoms with Crippen molar-refractivity contribution < 1.29 is 4.42 Å². The largest absolute Gasteiger partial charge is 0.456 e. The van der Waals surface area contributed by atoms with Gasteiger partial charge < -0.3 is 4.42 Å². The first-order valence-corrected chi connectivity index (χ1v) is 22.1. The van der Waals surface area contributed by atoms with E-state index in [1.54, 1.807) is 0 Å². The van der Waals surface area contributed by atoms with Gasteiger partial charge in [0.1, 0.15) is 11.2 Å². The van der Waals surface area contributed by atoms with Crippen molar-refractivity contribution in [1.82, 2.24) is 9.97 Å². The Labute approximate surface area is 371 Å². The van der Waals surface area contributed by atoms with Gasteiger partial charge in [0.25, 0.3) is 0 Å². The van der Waals surface area contributed by atoms with Crippen LogP contribution in [-0.4, -0.2) is 9.97 Å². The first-order valence-electron chi connectivity index (χ1n) is 22.1. The van der Waals surface area contributed by atoms with Crippen LogP contribution in [0, 0.1) is 0 Å². The van der Waals surface area contributed by atoms with Crippen LogP contribution in [0.25, 0.3) is 122 Å². The van der Waals surface area contributed by atoms with Crippen molar-refractivity contribution in [3.63, 3.8) is 0 Å². The number of furan rings is 1. The Hall–Kier alpha value is -8.14. The number of benzene rings is 10. The lowest BCUT2D eigenvalue weighted by atomic mass is 9.81. The lowest BCUT2D eigenvalue weighted by Gasteiger charge is -2.22. The molecule has 0 aliphatic heterocycles. The molecule has 1 aliphatic rings. The Bertz CT molecular complexity index is 3880. The average molecular weight is 817 g/mol. The highest BCUT2D eigenvalue weighted by atomic mass is 16.3. The molecule has 0 bridgehead atoms. The Balaban J connectivity index is 0.964. The minimum atomic E-state index is -0.0778. The molecule has 0 unspecified atom stereocenters. The summed E-state index contributed by atoms with van der Waals surface area (Å²) >= 11 is 0. The zero-order valence-electron chi connectivity index (χ0n) is 35.4. The molecule has 13 rings (SSSR count). The molecule has 0 N–H and O–H groups in total. The van der Waals surface area contributed by atoms with E-state index >= 15 is 0 Å². The fourth-order valence-electron chi connectivity index (χ4n) is 10.6. The molecule has 64 heavy (non-hydrogen) atoms. The van der Waals surface area contributed by atoms with Gasteiger partial charge in [-0.1, -0.05) is 184 Å². The van der Waals surface area contributed by atoms with Crippen LogP contribution in [0.4, 0.5) is 0 Å². The molecule has 0 radical (unpaired) electrons. The lowest BCUT2D eigenvalue weighted by molar-refractivity contribution is 0.661. The molecule has 1 aliphatic carbocycles. The normalized spacial score (nSPS) is 13.0. The van der Waals surface area contributed by atoms with E-state index in [0.717, 1.165) is 55.4 Å². The second-order valence-electron chi connectivity index (χ2n) is 17.6. The fraction of sp³-hybridized carbons (Fsp3) is 0.0492. The minimum absolute atomic E-state index is 0.0778. The third-order valence-corrected chi connectivity index (χ3v) is 13.7. The van der Waals surface area contributed by atoms with Crippen LogP contribution in [0.15, 0.2) is 211 Å². The molecule has 0 fully saturated rings. The molecule has 0 atom stereocenters. The standard InChI is InChI=1S/C61H40N2O/c1-61(2)53-32-27-40(34-51(53)52-33-38-17-6-7-18-39(38)35-54(52)61)41-28-29-46(43-20-9-8-19-42(41)43)47-30-31-48(45-22-11-10-21-44(45)47)55-36-56(63-60(62-55)37-15-4-3-5-16-37)49-24-14-26-58-59(49)50-23-12-13-25-57(50)64-58/h3-36H,1-2H3. The van der Waals surface area contributed by atoms with Crippen molar-refractivity contribution in [1.29, 1.82) is 0 Å². The van der Waals surface area contributed by atoms with Crippen molar-refractivity contribution in [2.45, 2.75) is 19.3 Å². The van der Waals surface area contributed by atoms with Crippen molar-refractivity contribution in [2.24, 2.45) is 0 Å². The van der Waals surface area contributed by atoms with Gasteiger partial charge in [-0.05, 0) is 113 Å². The summed E-state index contributed by atoms with van der Waals surface area (Å²) in [4.78, 5) is 10.6. The van der Waals surface area contributed by atoms with Gasteiger partial charge in [0.2, 0.25) is 0 Å². The SMILES string of the molecule is CC1(C)c2ccc(-c3ccc(-c4ccc(-c5cc(-c6cccc7oc8ccccc8c67)nc(-c6ccccc6)n5)c5ccccc45)c4ccccc34)cc2-c2cc3ccccc3cc21. The van der Waals surface area contributed by atoms with Gasteiger partial charge in [0.05, 0.1) is 11.4 Å². The van der Waals surface area contributed by atoms with Crippen LogP contribution in [0.1, 0.15) is 25.0 Å². The molecule has 0 spiro atoms. The lowest BCUT2D eigenvalue weighted by Crippen LogP contribution is -2.14. The summed E-state index contributed by atoms with van der Waals surface area (Å²) in [6.45, 7) is 4.72. The fourth-order valence-corrected chi connectivity index (χ4v) is 10.6. The summed E-state index contributed by atoms with van der Waals surface area (Å²) in [6, 6.07) is 74.3. The van der Waals surface area contributed by atoms with E-state index in [2.05, 4.69) is 184 Å². The Morgan fingerprint density at radius 3 is 1.62 bits per heavy atom. The van der Waals surface area contributed by atoms with Crippen molar-refractivity contribution in [2.75, 3.05) is 0 Å². The average Bonchev–Trinajstić information content (AvgIpc) is 3.84. The minimum Gasteiger partial charge on any atom is -0.456 e. The summed E-state index contributed by atoms with van der Waals surface area (Å²) in [5.41, 5.74) is 16.7. The van der Waals surface area contributed by atoms with Gasteiger partial charge in [0.15, 0.2) is 5.82 Å². The van der Waals surface area contributed by atoms with Crippen molar-refractivity contribution in [3.05, 3.63) is 217 Å². The van der Waals surface area contributed by atoms with E-state index in [-0.39, 0.29) is 5.41 Å². The van der Waals surface area contributed by atoms with Crippen molar-refractivity contribution >= 4 is 54.3 Å². The highest BCUT2D eigenvalue weighted by Crippen LogP contribution is 2.51. The maximum atomic E-state index is 6.33. The molecule has 0 saturated heterocycles. The second kappa shape index (κ2) is 13.9. The van der Waals surface area contributed by atoms with E-state index in [0.29, 0.717) is 5.82 Å². The Morgan fingerprint density at radius 2 is 0.891 bits per heavy atom. The van der Waals surface area contributed by atoms with Crippen LogP contribution in [0.2, 0.25) is 0 Å². The molecule has 300 valence electrons. The first kappa shape index (κ1) is 36.5. The third-order valence-electron chi connectivity index (χ3n) is 13.7. The number of aromatic nitrogens is 2. The van der Waals surface area contributed by atoms with Gasteiger partial charge in [-0.25, -0.2) is 9.97 Å². The molecule has 2 aromatic heterocycles. The summed E-state index contributed by atoms with van der Waals surface area (Å²) in [5.74, 6) is 0.680. The first-order chi connectivity index (χ1) is 31.5. The summed E-state index contributed by atoms with van der Waals surface area (Å²) in [6.07, 6.45) is 0. The van der Waals surface area contributed by atoms with Gasteiger partial charge >= 0.3 is 0 Å². The summed E-state index contributed by atoms with van der Waals surface area (Å²) in [5, 5.41) is 9.46. The van der Waals surface area contributed by atoms with Gasteiger partial charge in [0, 0.05) is 32.9 Å². The maximum Gasteiger partial charge on any atom is 0.160 e. The van der Waals surface area contributed by atoms with Crippen LogP contribution in [0.3, 0.4) is 0 Å². The zero-order valence-corrected chi connectivity index (χ0v) is 35.4. The zero-order chi connectivity index (χ0) is 42.5. The Morgan fingerprint density at radius 1 is 0.344 bits per heavy atom. The number of hydrogen-bond acceptors (Lipinski definition) is 3. The third kappa shape index (κ3) is 5.54. The molecule has 0 saturated carbocycles. The molecule has 2 heterocycles. The van der Waals surface area contributed by atoms with E-state index in [4.69, 9.17) is 14.4 Å². The molecule has 0 amide bonds. The Kier molecular flexibility index (Phi) is 7.95. The number of fused-ring (bicyclic) bond motifs is 9. The van der Waals surface area contributed by atoms with Crippen LogP contribution >= 0.6 is 0 Å². The molecular weight excluding hydrogens is 777 g/mol. The molecule has 10 aromatic carbocycles. The smallest absolute Gasteiger partial charge is 0.160 e. The van der Waals surface area contributed by atoms with E-state index in [9.17, 15) is 0 Å². The molecule has 3 nitrogen and oxygen atoms in total. The van der Waals surface area contributed by atoms with Crippen LogP contribution in [0.5, 0.6) is 0 Å². The van der Waals surface area contributed by atoms with E-state index < -0.39 is 0 Å². The summed E-state index contributed by atoms with van der Waals surface area (Å²) < 4.78 is 6.33. The quantitative estimate of drug-likeness (QED) is 0.174. The molecule has 3 heteroatoms. The van der Waals surface area contributed by atoms with Gasteiger partial charge in [-0.2, -0.15) is 0 Å². The predicted molar refractivity (Wildman–Crippen MR) is 267 cm³/mol. The van der Waals surface area contributed by atoms with Gasteiger partial charge in [-0.15, -0.1) is 0 Å². The number of rotatable bonds is 5. The van der Waals surface area contributed by atoms with E-state index in [1.807, 2.05) is 36.4 Å². The number of hydrogen-bond donors (Lipinski definition) is 0. The summed E-state index contributed by atoms with van der Waals surface area (Å²) in [7, 11) is 0. The van der Waals surface area contributed by atoms with Crippen LogP contribution in [-0.2, 0) is 5.41 Å². The van der Waals surface area contributed by atoms with Crippen molar-refractivity contribution in [3.8, 4) is 67.3 Å². The molecule has 12 aromatic rings.